The Hall–Kier alpha value is -1.06. The first kappa shape index (κ1) is 16.3. The van der Waals surface area contributed by atoms with Crippen LogP contribution in [0, 0.1) is 0 Å². The van der Waals surface area contributed by atoms with E-state index in [-0.39, 0.29) is 11.6 Å². The van der Waals surface area contributed by atoms with Crippen LogP contribution in [0.1, 0.15) is 51.1 Å². The average molecular weight is 290 g/mol. The summed E-state index contributed by atoms with van der Waals surface area (Å²) in [6.07, 6.45) is 5.35. The van der Waals surface area contributed by atoms with Crippen LogP contribution in [-0.4, -0.2) is 37.7 Å². The van der Waals surface area contributed by atoms with E-state index in [1.165, 1.54) is 31.2 Å². The Balaban J connectivity index is 2.32. The highest BCUT2D eigenvalue weighted by atomic mass is 16.5. The van der Waals surface area contributed by atoms with E-state index >= 15 is 0 Å². The molecule has 3 heteroatoms. The summed E-state index contributed by atoms with van der Waals surface area (Å²) in [5, 5.41) is 3.57. The molecule has 1 aromatic rings. The van der Waals surface area contributed by atoms with Crippen LogP contribution in [0.15, 0.2) is 24.3 Å². The molecule has 0 spiro atoms. The Morgan fingerprint density at radius 3 is 2.38 bits per heavy atom. The van der Waals surface area contributed by atoms with E-state index in [0.717, 1.165) is 5.75 Å². The molecule has 1 fully saturated rings. The predicted octanol–water partition coefficient (Wildman–Crippen LogP) is 3.61. The van der Waals surface area contributed by atoms with Gasteiger partial charge in [0.2, 0.25) is 0 Å². The minimum absolute atomic E-state index is 0.211. The zero-order chi connectivity index (χ0) is 15.5. The zero-order valence-corrected chi connectivity index (χ0v) is 14.1. The summed E-state index contributed by atoms with van der Waals surface area (Å²) >= 11 is 0. The molecule has 0 aromatic heterocycles. The molecule has 0 bridgehead atoms. The largest absolute Gasteiger partial charge is 0.491 e. The van der Waals surface area contributed by atoms with E-state index in [2.05, 4.69) is 63.4 Å². The average Bonchev–Trinajstić information content (AvgIpc) is 2.90. The molecule has 118 valence electrons. The summed E-state index contributed by atoms with van der Waals surface area (Å²) in [6, 6.07) is 8.91. The van der Waals surface area contributed by atoms with Gasteiger partial charge in [-0.05, 0) is 65.5 Å². The van der Waals surface area contributed by atoms with Gasteiger partial charge in [-0.3, -0.25) is 0 Å². The van der Waals surface area contributed by atoms with E-state index < -0.39 is 0 Å². The second-order valence-corrected chi connectivity index (χ2v) is 6.67. The first-order valence-electron chi connectivity index (χ1n) is 8.11. The lowest BCUT2D eigenvalue weighted by Gasteiger charge is -2.43. The minimum Gasteiger partial charge on any atom is -0.491 e. The van der Waals surface area contributed by atoms with Crippen LogP contribution in [0.4, 0.5) is 0 Å². The Bertz CT molecular complexity index is 450. The molecule has 0 heterocycles. The van der Waals surface area contributed by atoms with Crippen LogP contribution in [0.2, 0.25) is 0 Å². The van der Waals surface area contributed by atoms with Crippen LogP contribution < -0.4 is 10.1 Å². The monoisotopic (exact) mass is 290 g/mol. The standard InChI is InChI=1S/C18H30N2O/c1-14(2)21-16-10-8-9-15(13-16)17(19-3)18(20(4)5)11-6-7-12-18/h8-10,13-14,17,19H,6-7,11-12H2,1-5H3. The van der Waals surface area contributed by atoms with Gasteiger partial charge in [0.25, 0.3) is 0 Å². The predicted molar refractivity (Wildman–Crippen MR) is 88.9 cm³/mol. The molecule has 2 rings (SSSR count). The molecule has 0 radical (unpaired) electrons. The maximum Gasteiger partial charge on any atom is 0.120 e. The lowest BCUT2D eigenvalue weighted by atomic mass is 9.82. The van der Waals surface area contributed by atoms with Crippen molar-refractivity contribution < 1.29 is 4.74 Å². The molecule has 0 aliphatic heterocycles. The number of nitrogens with one attached hydrogen (secondary N) is 1. The van der Waals surface area contributed by atoms with Gasteiger partial charge in [-0.2, -0.15) is 0 Å². The van der Waals surface area contributed by atoms with Crippen LogP contribution in [0.25, 0.3) is 0 Å². The van der Waals surface area contributed by atoms with Crippen LogP contribution in [0.5, 0.6) is 5.75 Å². The molecule has 0 saturated heterocycles. The molecule has 1 aliphatic rings. The first-order chi connectivity index (χ1) is 9.99. The second kappa shape index (κ2) is 6.80. The van der Waals surface area contributed by atoms with E-state index in [9.17, 15) is 0 Å². The summed E-state index contributed by atoms with van der Waals surface area (Å²) in [5.41, 5.74) is 1.54. The van der Waals surface area contributed by atoms with Gasteiger partial charge in [-0.25, -0.2) is 0 Å². The Morgan fingerprint density at radius 1 is 1.19 bits per heavy atom. The summed E-state index contributed by atoms with van der Waals surface area (Å²) in [7, 11) is 6.50. The highest BCUT2D eigenvalue weighted by molar-refractivity contribution is 5.33. The molecule has 1 aliphatic carbocycles. The smallest absolute Gasteiger partial charge is 0.120 e. The van der Waals surface area contributed by atoms with Gasteiger partial charge in [0.05, 0.1) is 12.1 Å². The van der Waals surface area contributed by atoms with Crippen molar-refractivity contribution in [2.24, 2.45) is 0 Å². The summed E-state index contributed by atoms with van der Waals surface area (Å²) in [5.74, 6) is 0.967. The summed E-state index contributed by atoms with van der Waals surface area (Å²) < 4.78 is 5.86. The van der Waals surface area contributed by atoms with Crippen LogP contribution >= 0.6 is 0 Å². The molecule has 0 amide bonds. The molecule has 3 nitrogen and oxygen atoms in total. The fourth-order valence-electron chi connectivity index (χ4n) is 3.77. The maximum absolute atomic E-state index is 5.86. The Kier molecular flexibility index (Phi) is 5.28. The SMILES string of the molecule is CNC(c1cccc(OC(C)C)c1)C1(N(C)C)CCCC1. The van der Waals surface area contributed by atoms with Crippen LogP contribution in [-0.2, 0) is 0 Å². The van der Waals surface area contributed by atoms with Crippen molar-refractivity contribution in [1.29, 1.82) is 0 Å². The number of ether oxygens (including phenoxy) is 1. The Morgan fingerprint density at radius 2 is 1.86 bits per heavy atom. The van der Waals surface area contributed by atoms with E-state index in [4.69, 9.17) is 4.74 Å². The fraction of sp³-hybridized carbons (Fsp3) is 0.667. The molecule has 1 unspecified atom stereocenters. The lowest BCUT2D eigenvalue weighted by Crippen LogP contribution is -2.51. The number of rotatable bonds is 6. The van der Waals surface area contributed by atoms with Gasteiger partial charge in [0.15, 0.2) is 0 Å². The third-order valence-corrected chi connectivity index (χ3v) is 4.75. The van der Waals surface area contributed by atoms with Crippen molar-refractivity contribution in [2.45, 2.75) is 57.2 Å². The first-order valence-corrected chi connectivity index (χ1v) is 8.11. The normalized spacial score (nSPS) is 19.2. The zero-order valence-electron chi connectivity index (χ0n) is 14.1. The highest BCUT2D eigenvalue weighted by Crippen LogP contribution is 2.43. The van der Waals surface area contributed by atoms with Gasteiger partial charge in [0, 0.05) is 5.54 Å². The van der Waals surface area contributed by atoms with Gasteiger partial charge < -0.3 is 15.0 Å². The van der Waals surface area contributed by atoms with Crippen molar-refractivity contribution in [2.75, 3.05) is 21.1 Å². The molecular formula is C18H30N2O. The summed E-state index contributed by atoms with van der Waals surface area (Å²) in [6.45, 7) is 4.14. The number of nitrogens with zero attached hydrogens (tertiary/aromatic N) is 1. The maximum atomic E-state index is 5.86. The molecule has 1 N–H and O–H groups in total. The van der Waals surface area contributed by atoms with Crippen molar-refractivity contribution in [3.63, 3.8) is 0 Å². The van der Waals surface area contributed by atoms with Crippen molar-refractivity contribution in [3.05, 3.63) is 29.8 Å². The van der Waals surface area contributed by atoms with E-state index in [1.54, 1.807) is 0 Å². The number of hydrogen-bond acceptors (Lipinski definition) is 3. The third-order valence-electron chi connectivity index (χ3n) is 4.75. The van der Waals surface area contributed by atoms with Crippen molar-refractivity contribution in [1.82, 2.24) is 10.2 Å². The number of benzene rings is 1. The molecule has 21 heavy (non-hydrogen) atoms. The Labute approximate surface area is 129 Å². The van der Waals surface area contributed by atoms with Crippen molar-refractivity contribution >= 4 is 0 Å². The second-order valence-electron chi connectivity index (χ2n) is 6.67. The topological polar surface area (TPSA) is 24.5 Å². The number of likely N-dealkylation sites (N-methyl/N-ethyl adjacent to an activating group) is 2. The molecular weight excluding hydrogens is 260 g/mol. The lowest BCUT2D eigenvalue weighted by molar-refractivity contribution is 0.108. The van der Waals surface area contributed by atoms with Crippen molar-refractivity contribution in [3.8, 4) is 5.75 Å². The number of hydrogen-bond donors (Lipinski definition) is 1. The summed E-state index contributed by atoms with van der Waals surface area (Å²) in [4.78, 5) is 2.41. The van der Waals surface area contributed by atoms with Crippen LogP contribution in [0.3, 0.4) is 0 Å². The highest BCUT2D eigenvalue weighted by Gasteiger charge is 2.43. The van der Waals surface area contributed by atoms with Gasteiger partial charge in [-0.15, -0.1) is 0 Å². The minimum atomic E-state index is 0.211. The van der Waals surface area contributed by atoms with Gasteiger partial charge in [-0.1, -0.05) is 25.0 Å². The van der Waals surface area contributed by atoms with E-state index in [1.807, 2.05) is 6.07 Å². The quantitative estimate of drug-likeness (QED) is 0.866. The molecule has 1 saturated carbocycles. The van der Waals surface area contributed by atoms with Gasteiger partial charge >= 0.3 is 0 Å². The fourth-order valence-corrected chi connectivity index (χ4v) is 3.77. The van der Waals surface area contributed by atoms with Gasteiger partial charge in [0.1, 0.15) is 5.75 Å². The van der Waals surface area contributed by atoms with E-state index in [0.29, 0.717) is 6.04 Å². The molecule has 1 atom stereocenters. The molecule has 1 aromatic carbocycles. The third kappa shape index (κ3) is 3.41.